The molecule has 0 bridgehead atoms. The largest absolute Gasteiger partial charge is 0.462 e. The maximum Gasteiger partial charge on any atom is 0.462 e. The SMILES string of the molecule is COCCOCCNC(=O)C(F)(OC(F)(F)C(F)(OC(F)(F)C(F)(F)C(F)(F)F)C(F)(F)F)C(F)(F)F. The normalized spacial score (nSPS) is 17.8. The molecule has 0 radical (unpaired) electrons. The Kier molecular flexibility index (Phi) is 10.5. The summed E-state index contributed by atoms with van der Waals surface area (Å²) < 4.78 is 233. The zero-order valence-electron chi connectivity index (χ0n) is 17.3. The molecule has 0 aliphatic rings. The number of nitrogens with one attached hydrogen (secondary N) is 1. The number of methoxy groups -OCH3 is 1. The van der Waals surface area contributed by atoms with E-state index < -0.39 is 67.4 Å². The lowest BCUT2D eigenvalue weighted by Gasteiger charge is -2.40. The van der Waals surface area contributed by atoms with Gasteiger partial charge in [-0.05, 0) is 0 Å². The van der Waals surface area contributed by atoms with Crippen LogP contribution in [0.15, 0.2) is 0 Å². The number of amides is 1. The van der Waals surface area contributed by atoms with Crippen LogP contribution >= 0.6 is 0 Å². The average molecular weight is 597 g/mol. The molecule has 0 aromatic rings. The molecular formula is C14H12F17NO5. The molecule has 1 amide bonds. The van der Waals surface area contributed by atoms with Crippen molar-refractivity contribution < 1.29 is 98.4 Å². The van der Waals surface area contributed by atoms with Gasteiger partial charge in [0.25, 0.3) is 5.91 Å². The van der Waals surface area contributed by atoms with Gasteiger partial charge in [0.15, 0.2) is 0 Å². The Morgan fingerprint density at radius 3 is 1.49 bits per heavy atom. The third kappa shape index (κ3) is 7.37. The van der Waals surface area contributed by atoms with Gasteiger partial charge in [0.1, 0.15) is 0 Å². The molecule has 6 nitrogen and oxygen atoms in total. The third-order valence-electron chi connectivity index (χ3n) is 3.62. The summed E-state index contributed by atoms with van der Waals surface area (Å²) in [7, 11) is 1.14. The Hall–Kier alpha value is -1.88. The van der Waals surface area contributed by atoms with Gasteiger partial charge in [-0.25, -0.2) is 0 Å². The topological polar surface area (TPSA) is 66.0 Å². The van der Waals surface area contributed by atoms with Crippen molar-refractivity contribution in [3.63, 3.8) is 0 Å². The van der Waals surface area contributed by atoms with E-state index in [1.807, 2.05) is 4.74 Å². The lowest BCUT2D eigenvalue weighted by atomic mass is 10.2. The van der Waals surface area contributed by atoms with Crippen LogP contribution in [0.5, 0.6) is 0 Å². The first kappa shape index (κ1) is 35.1. The van der Waals surface area contributed by atoms with Crippen molar-refractivity contribution in [2.45, 2.75) is 48.4 Å². The fourth-order valence-corrected chi connectivity index (χ4v) is 1.76. The van der Waals surface area contributed by atoms with Gasteiger partial charge >= 0.3 is 48.4 Å². The second-order valence-corrected chi connectivity index (χ2v) is 6.36. The van der Waals surface area contributed by atoms with E-state index in [-0.39, 0.29) is 13.2 Å². The number of rotatable bonds is 13. The minimum Gasteiger partial charge on any atom is -0.382 e. The second-order valence-electron chi connectivity index (χ2n) is 6.36. The molecular weight excluding hydrogens is 585 g/mol. The zero-order chi connectivity index (χ0) is 29.9. The maximum absolute atomic E-state index is 14.2. The van der Waals surface area contributed by atoms with E-state index in [9.17, 15) is 79.4 Å². The van der Waals surface area contributed by atoms with Crippen LogP contribution in [-0.4, -0.2) is 87.8 Å². The Morgan fingerprint density at radius 2 is 1.11 bits per heavy atom. The number of hydrogen-bond donors (Lipinski definition) is 1. The van der Waals surface area contributed by atoms with E-state index >= 15 is 0 Å². The molecule has 2 unspecified atom stereocenters. The Balaban J connectivity index is 6.33. The molecule has 2 atom stereocenters. The number of hydrogen-bond acceptors (Lipinski definition) is 5. The van der Waals surface area contributed by atoms with Gasteiger partial charge < -0.3 is 14.8 Å². The van der Waals surface area contributed by atoms with Crippen molar-refractivity contribution in [3.8, 4) is 0 Å². The van der Waals surface area contributed by atoms with E-state index in [1.165, 1.54) is 4.74 Å². The Morgan fingerprint density at radius 1 is 0.622 bits per heavy atom. The highest BCUT2D eigenvalue weighted by molar-refractivity contribution is 5.84. The molecule has 0 spiro atoms. The van der Waals surface area contributed by atoms with Crippen molar-refractivity contribution >= 4 is 5.91 Å². The quantitative estimate of drug-likeness (QED) is 0.248. The number of alkyl halides is 17. The minimum atomic E-state index is -8.05. The smallest absolute Gasteiger partial charge is 0.382 e. The molecule has 222 valence electrons. The standard InChI is InChI=1S/C14H12F17NO5/c1-34-4-5-35-3-2-32-6(33)7(15,10(19,20)21)36-14(30,31)9(18,12(25,26)27)37-13(28,29)8(16,17)11(22,23)24/h2-5H2,1H3,(H,32,33). The number of halogens is 17. The molecule has 23 heteroatoms. The van der Waals surface area contributed by atoms with Gasteiger partial charge in [0, 0.05) is 13.7 Å². The van der Waals surface area contributed by atoms with E-state index in [0.717, 1.165) is 12.4 Å². The summed E-state index contributed by atoms with van der Waals surface area (Å²) in [5.74, 6) is -26.2. The summed E-state index contributed by atoms with van der Waals surface area (Å²) in [6, 6.07) is 0. The molecule has 1 N–H and O–H groups in total. The van der Waals surface area contributed by atoms with E-state index in [2.05, 4.69) is 9.47 Å². The summed E-state index contributed by atoms with van der Waals surface area (Å²) in [6.07, 6.45) is -38.5. The van der Waals surface area contributed by atoms with Crippen LogP contribution < -0.4 is 5.32 Å². The predicted molar refractivity (Wildman–Crippen MR) is 78.6 cm³/mol. The first-order valence-electron chi connectivity index (χ1n) is 8.61. The van der Waals surface area contributed by atoms with Gasteiger partial charge in [-0.3, -0.25) is 14.3 Å². The molecule has 37 heavy (non-hydrogen) atoms. The molecule has 0 saturated carbocycles. The van der Waals surface area contributed by atoms with Crippen LogP contribution in [0, 0.1) is 0 Å². The number of carbonyl (C=O) groups is 1. The minimum absolute atomic E-state index is 0.160. The van der Waals surface area contributed by atoms with Crippen molar-refractivity contribution in [2.75, 3.05) is 33.5 Å². The van der Waals surface area contributed by atoms with Crippen LogP contribution in [0.1, 0.15) is 0 Å². The Bertz CT molecular complexity index is 767. The predicted octanol–water partition coefficient (Wildman–Crippen LogP) is 4.64. The summed E-state index contributed by atoms with van der Waals surface area (Å²) in [4.78, 5) is 11.4. The first-order chi connectivity index (χ1) is 16.1. The van der Waals surface area contributed by atoms with Gasteiger partial charge in [-0.1, -0.05) is 0 Å². The molecule has 0 aromatic carbocycles. The maximum atomic E-state index is 14.2. The molecule has 0 rings (SSSR count). The van der Waals surface area contributed by atoms with Crippen LogP contribution in [0.2, 0.25) is 0 Å². The second kappa shape index (κ2) is 11.1. The highest BCUT2D eigenvalue weighted by Crippen LogP contribution is 2.56. The fraction of sp³-hybridized carbons (Fsp3) is 0.929. The highest BCUT2D eigenvalue weighted by Gasteiger charge is 2.85. The molecule has 0 aromatic heterocycles. The van der Waals surface area contributed by atoms with Crippen molar-refractivity contribution in [2.24, 2.45) is 0 Å². The van der Waals surface area contributed by atoms with Crippen molar-refractivity contribution in [3.05, 3.63) is 0 Å². The summed E-state index contributed by atoms with van der Waals surface area (Å²) in [5, 5.41) is 0.792. The van der Waals surface area contributed by atoms with Gasteiger partial charge in [-0.15, -0.1) is 0 Å². The summed E-state index contributed by atoms with van der Waals surface area (Å²) in [6.45, 7) is -2.58. The summed E-state index contributed by atoms with van der Waals surface area (Å²) >= 11 is 0. The molecule has 0 heterocycles. The van der Waals surface area contributed by atoms with Crippen molar-refractivity contribution in [1.29, 1.82) is 0 Å². The van der Waals surface area contributed by atoms with E-state index in [1.54, 1.807) is 0 Å². The monoisotopic (exact) mass is 597 g/mol. The highest BCUT2D eigenvalue weighted by atomic mass is 19.4. The van der Waals surface area contributed by atoms with Crippen LogP contribution in [0.4, 0.5) is 74.6 Å². The lowest BCUT2D eigenvalue weighted by molar-refractivity contribution is -0.548. The first-order valence-corrected chi connectivity index (χ1v) is 8.61. The molecule has 0 aliphatic heterocycles. The molecule has 0 aliphatic carbocycles. The summed E-state index contributed by atoms with van der Waals surface area (Å²) in [5.41, 5.74) is 0. The zero-order valence-corrected chi connectivity index (χ0v) is 17.3. The van der Waals surface area contributed by atoms with Crippen LogP contribution in [0.3, 0.4) is 0 Å². The molecule has 0 saturated heterocycles. The molecule has 0 fully saturated rings. The van der Waals surface area contributed by atoms with Crippen LogP contribution in [0.25, 0.3) is 0 Å². The van der Waals surface area contributed by atoms with E-state index in [0.29, 0.717) is 0 Å². The van der Waals surface area contributed by atoms with Gasteiger partial charge in [-0.2, -0.15) is 74.6 Å². The number of ether oxygens (including phenoxy) is 4. The van der Waals surface area contributed by atoms with E-state index in [4.69, 9.17) is 0 Å². The average Bonchev–Trinajstić information content (AvgIpc) is 2.66. The van der Waals surface area contributed by atoms with Gasteiger partial charge in [0.2, 0.25) is 0 Å². The fourth-order valence-electron chi connectivity index (χ4n) is 1.76. The van der Waals surface area contributed by atoms with Crippen molar-refractivity contribution in [1.82, 2.24) is 5.32 Å². The van der Waals surface area contributed by atoms with Gasteiger partial charge in [0.05, 0.1) is 19.8 Å². The third-order valence-corrected chi connectivity index (χ3v) is 3.62. The Labute approximate surface area is 192 Å². The number of carbonyl (C=O) groups excluding carboxylic acids is 1. The lowest BCUT2D eigenvalue weighted by Crippen LogP contribution is -2.68. The van der Waals surface area contributed by atoms with Crippen LogP contribution in [-0.2, 0) is 23.7 Å².